The molecule has 0 bridgehead atoms. The lowest BCUT2D eigenvalue weighted by Gasteiger charge is -2.31. The van der Waals surface area contributed by atoms with Gasteiger partial charge < -0.3 is 15.7 Å². The van der Waals surface area contributed by atoms with Crippen LogP contribution in [0.5, 0.6) is 0 Å². The van der Waals surface area contributed by atoms with Crippen molar-refractivity contribution >= 4 is 5.91 Å². The van der Waals surface area contributed by atoms with Crippen molar-refractivity contribution in [3.63, 3.8) is 0 Å². The van der Waals surface area contributed by atoms with Crippen LogP contribution in [0.15, 0.2) is 0 Å². The number of β-amino-alcohol motifs (C(OH)–C–C–N with tert-alkyl or cyclic N) is 1. The van der Waals surface area contributed by atoms with Gasteiger partial charge in [-0.3, -0.25) is 4.79 Å². The molecule has 12 heavy (non-hydrogen) atoms. The third-order valence-corrected chi connectivity index (χ3v) is 2.10. The summed E-state index contributed by atoms with van der Waals surface area (Å²) in [6.45, 7) is 2.85. The van der Waals surface area contributed by atoms with E-state index in [4.69, 9.17) is 5.73 Å². The minimum absolute atomic E-state index is 0.0613. The lowest BCUT2D eigenvalue weighted by atomic mass is 10.1. The fraction of sp³-hybridized carbons (Fsp3) is 0.875. The van der Waals surface area contributed by atoms with Crippen LogP contribution in [0.3, 0.4) is 0 Å². The minimum atomic E-state index is -0.449. The van der Waals surface area contributed by atoms with Gasteiger partial charge in [-0.15, -0.1) is 0 Å². The van der Waals surface area contributed by atoms with Crippen molar-refractivity contribution < 1.29 is 9.90 Å². The fourth-order valence-electron chi connectivity index (χ4n) is 1.44. The number of carbonyl (C=O) groups excluding carboxylic acids is 1. The molecule has 70 valence electrons. The molecule has 4 heteroatoms. The monoisotopic (exact) mass is 172 g/mol. The van der Waals surface area contributed by atoms with E-state index >= 15 is 0 Å². The molecule has 0 aromatic heterocycles. The third kappa shape index (κ3) is 2.19. The second kappa shape index (κ2) is 3.87. The molecule has 1 heterocycles. The van der Waals surface area contributed by atoms with Gasteiger partial charge in [0.2, 0.25) is 5.91 Å². The highest BCUT2D eigenvalue weighted by molar-refractivity contribution is 5.81. The van der Waals surface area contributed by atoms with E-state index in [0.717, 1.165) is 19.4 Å². The van der Waals surface area contributed by atoms with Crippen molar-refractivity contribution in [3.8, 4) is 0 Å². The molecular weight excluding hydrogens is 156 g/mol. The first-order valence-electron chi connectivity index (χ1n) is 4.33. The maximum atomic E-state index is 11.3. The predicted octanol–water partition coefficient (Wildman–Crippen LogP) is -0.683. The Balaban J connectivity index is 2.46. The van der Waals surface area contributed by atoms with Crippen LogP contribution >= 0.6 is 0 Å². The van der Waals surface area contributed by atoms with Gasteiger partial charge in [-0.2, -0.15) is 0 Å². The van der Waals surface area contributed by atoms with E-state index in [1.54, 1.807) is 11.8 Å². The van der Waals surface area contributed by atoms with E-state index in [-0.39, 0.29) is 12.0 Å². The molecule has 0 radical (unpaired) electrons. The molecule has 1 saturated heterocycles. The van der Waals surface area contributed by atoms with Crippen molar-refractivity contribution in [1.29, 1.82) is 0 Å². The van der Waals surface area contributed by atoms with Gasteiger partial charge in [-0.1, -0.05) is 0 Å². The van der Waals surface area contributed by atoms with Gasteiger partial charge in [0.05, 0.1) is 12.1 Å². The van der Waals surface area contributed by atoms with Crippen molar-refractivity contribution in [1.82, 2.24) is 4.90 Å². The highest BCUT2D eigenvalue weighted by Crippen LogP contribution is 2.10. The molecule has 0 aromatic rings. The highest BCUT2D eigenvalue weighted by Gasteiger charge is 2.23. The Morgan fingerprint density at radius 2 is 2.42 bits per heavy atom. The molecule has 1 rings (SSSR count). The van der Waals surface area contributed by atoms with E-state index in [1.807, 2.05) is 0 Å². The number of nitrogens with two attached hydrogens (primary N) is 1. The van der Waals surface area contributed by atoms with E-state index in [9.17, 15) is 9.90 Å². The largest absolute Gasteiger partial charge is 0.391 e. The third-order valence-electron chi connectivity index (χ3n) is 2.10. The van der Waals surface area contributed by atoms with Crippen LogP contribution in [0.4, 0.5) is 0 Å². The van der Waals surface area contributed by atoms with E-state index in [0.29, 0.717) is 6.54 Å². The molecular formula is C8H16N2O2. The quantitative estimate of drug-likeness (QED) is 0.550. The summed E-state index contributed by atoms with van der Waals surface area (Å²) in [5.74, 6) is -0.0613. The van der Waals surface area contributed by atoms with Crippen molar-refractivity contribution in [2.24, 2.45) is 5.73 Å². The van der Waals surface area contributed by atoms with Crippen LogP contribution in [0.2, 0.25) is 0 Å². The second-order valence-corrected chi connectivity index (χ2v) is 3.37. The van der Waals surface area contributed by atoms with Gasteiger partial charge in [-0.05, 0) is 19.8 Å². The summed E-state index contributed by atoms with van der Waals surface area (Å²) in [7, 11) is 0. The van der Waals surface area contributed by atoms with Gasteiger partial charge in [-0.25, -0.2) is 0 Å². The fourth-order valence-corrected chi connectivity index (χ4v) is 1.44. The first-order chi connectivity index (χ1) is 5.61. The summed E-state index contributed by atoms with van der Waals surface area (Å²) >= 11 is 0. The minimum Gasteiger partial charge on any atom is -0.391 e. The zero-order chi connectivity index (χ0) is 9.14. The number of nitrogens with zero attached hydrogens (tertiary/aromatic N) is 1. The zero-order valence-corrected chi connectivity index (χ0v) is 7.36. The second-order valence-electron chi connectivity index (χ2n) is 3.37. The molecule has 0 spiro atoms. The summed E-state index contributed by atoms with van der Waals surface area (Å²) < 4.78 is 0. The van der Waals surface area contributed by atoms with Crippen LogP contribution < -0.4 is 5.73 Å². The molecule has 2 atom stereocenters. The van der Waals surface area contributed by atoms with Gasteiger partial charge in [0, 0.05) is 13.1 Å². The van der Waals surface area contributed by atoms with Crippen LogP contribution in [-0.2, 0) is 4.79 Å². The lowest BCUT2D eigenvalue weighted by molar-refractivity contribution is -0.135. The summed E-state index contributed by atoms with van der Waals surface area (Å²) in [5, 5.41) is 9.28. The molecule has 0 aliphatic carbocycles. The van der Waals surface area contributed by atoms with Crippen LogP contribution in [0.25, 0.3) is 0 Å². The molecule has 1 fully saturated rings. The Labute approximate surface area is 72.3 Å². The summed E-state index contributed by atoms with van der Waals surface area (Å²) in [5.41, 5.74) is 5.44. The topological polar surface area (TPSA) is 66.6 Å². The Morgan fingerprint density at radius 1 is 1.75 bits per heavy atom. The molecule has 1 amide bonds. The maximum Gasteiger partial charge on any atom is 0.239 e. The van der Waals surface area contributed by atoms with Crippen molar-refractivity contribution in [2.45, 2.75) is 31.9 Å². The van der Waals surface area contributed by atoms with Crippen LogP contribution in [0.1, 0.15) is 19.8 Å². The van der Waals surface area contributed by atoms with Gasteiger partial charge in [0.1, 0.15) is 0 Å². The summed E-state index contributed by atoms with van der Waals surface area (Å²) in [4.78, 5) is 13.0. The van der Waals surface area contributed by atoms with Crippen LogP contribution in [0, 0.1) is 0 Å². The van der Waals surface area contributed by atoms with Crippen molar-refractivity contribution in [3.05, 3.63) is 0 Å². The SMILES string of the molecule is C[C@H](N)C(=O)N1CCC[C@@H](O)C1. The average molecular weight is 172 g/mol. The van der Waals surface area contributed by atoms with Gasteiger partial charge in [0.15, 0.2) is 0 Å². The Morgan fingerprint density at radius 3 is 2.92 bits per heavy atom. The summed E-state index contributed by atoms with van der Waals surface area (Å²) in [6, 6.07) is -0.449. The molecule has 3 N–H and O–H groups in total. The smallest absolute Gasteiger partial charge is 0.239 e. The maximum absolute atomic E-state index is 11.3. The number of piperidine rings is 1. The van der Waals surface area contributed by atoms with E-state index in [1.165, 1.54) is 0 Å². The van der Waals surface area contributed by atoms with Crippen LogP contribution in [-0.4, -0.2) is 41.1 Å². The predicted molar refractivity (Wildman–Crippen MR) is 45.5 cm³/mol. The molecule has 1 aliphatic rings. The average Bonchev–Trinajstić information content (AvgIpc) is 2.03. The van der Waals surface area contributed by atoms with Gasteiger partial charge >= 0.3 is 0 Å². The van der Waals surface area contributed by atoms with E-state index < -0.39 is 6.04 Å². The first kappa shape index (κ1) is 9.48. The Kier molecular flexibility index (Phi) is 3.05. The number of aliphatic hydroxyl groups is 1. The number of hydrogen-bond acceptors (Lipinski definition) is 3. The molecule has 1 aliphatic heterocycles. The zero-order valence-electron chi connectivity index (χ0n) is 7.36. The normalized spacial score (nSPS) is 26.9. The summed E-state index contributed by atoms with van der Waals surface area (Å²) in [6.07, 6.45) is 1.31. The number of rotatable bonds is 1. The lowest BCUT2D eigenvalue weighted by Crippen LogP contribution is -2.48. The standard InChI is InChI=1S/C8H16N2O2/c1-6(9)8(12)10-4-2-3-7(11)5-10/h6-7,11H,2-5,9H2,1H3/t6-,7+/m0/s1. The molecule has 4 nitrogen and oxygen atoms in total. The number of likely N-dealkylation sites (tertiary alicyclic amines) is 1. The number of carbonyl (C=O) groups is 1. The number of amides is 1. The number of aliphatic hydroxyl groups excluding tert-OH is 1. The first-order valence-corrected chi connectivity index (χ1v) is 4.33. The molecule has 0 saturated carbocycles. The van der Waals surface area contributed by atoms with Crippen molar-refractivity contribution in [2.75, 3.05) is 13.1 Å². The Bertz CT molecular complexity index is 170. The van der Waals surface area contributed by atoms with E-state index in [2.05, 4.69) is 0 Å². The van der Waals surface area contributed by atoms with Gasteiger partial charge in [0.25, 0.3) is 0 Å². The Hall–Kier alpha value is -0.610. The number of hydrogen-bond donors (Lipinski definition) is 2. The molecule has 0 aromatic carbocycles. The molecule has 0 unspecified atom stereocenters. The highest BCUT2D eigenvalue weighted by atomic mass is 16.3.